The normalized spacial score (nSPS) is 13.3. The maximum absolute atomic E-state index is 3.19. The summed E-state index contributed by atoms with van der Waals surface area (Å²) in [5.74, 6) is 0. The van der Waals surface area contributed by atoms with Crippen molar-refractivity contribution < 1.29 is 0 Å². The van der Waals surface area contributed by atoms with Gasteiger partial charge in [-0.1, -0.05) is 0 Å². The molecule has 1 heterocycles. The molecule has 0 saturated heterocycles. The zero-order valence-electron chi connectivity index (χ0n) is 8.39. The van der Waals surface area contributed by atoms with Gasteiger partial charge in [-0.25, -0.2) is 0 Å². The molecule has 2 nitrogen and oxygen atoms in total. The van der Waals surface area contributed by atoms with Gasteiger partial charge in [-0.2, -0.15) is 0 Å². The third-order valence-electron chi connectivity index (χ3n) is 2.27. The van der Waals surface area contributed by atoms with E-state index in [0.29, 0.717) is 6.04 Å². The number of hydrogen-bond acceptors (Lipinski definition) is 1. The average molecular weight is 166 g/mol. The van der Waals surface area contributed by atoms with Crippen LogP contribution in [-0.2, 0) is 0 Å². The number of nitrogens with one attached hydrogen (secondary N) is 1. The molecule has 1 unspecified atom stereocenters. The predicted molar refractivity (Wildman–Crippen MR) is 52.5 cm³/mol. The second-order valence-electron chi connectivity index (χ2n) is 3.39. The first kappa shape index (κ1) is 9.33. The van der Waals surface area contributed by atoms with Crippen molar-refractivity contribution in [3.8, 4) is 0 Å². The molecule has 1 rings (SSSR count). The molecule has 1 N–H and O–H groups in total. The van der Waals surface area contributed by atoms with E-state index in [1.807, 2.05) is 7.05 Å². The van der Waals surface area contributed by atoms with E-state index in [4.69, 9.17) is 0 Å². The molecule has 0 fully saturated rings. The number of nitrogens with zero attached hydrogens (tertiary/aromatic N) is 1. The van der Waals surface area contributed by atoms with Gasteiger partial charge in [0.1, 0.15) is 0 Å². The number of aryl methyl sites for hydroxylation is 2. The highest BCUT2D eigenvalue weighted by molar-refractivity contribution is 5.14. The van der Waals surface area contributed by atoms with Crippen LogP contribution < -0.4 is 5.32 Å². The summed E-state index contributed by atoms with van der Waals surface area (Å²) in [4.78, 5) is 0. The van der Waals surface area contributed by atoms with E-state index in [9.17, 15) is 0 Å². The molecule has 0 bridgehead atoms. The van der Waals surface area contributed by atoms with Gasteiger partial charge in [0, 0.05) is 24.0 Å². The van der Waals surface area contributed by atoms with E-state index in [1.165, 1.54) is 11.4 Å². The highest BCUT2D eigenvalue weighted by Gasteiger charge is 2.07. The summed E-state index contributed by atoms with van der Waals surface area (Å²) in [6.45, 7) is 7.56. The number of likely N-dealkylation sites (N-methyl/N-ethyl adjacent to an activating group) is 1. The van der Waals surface area contributed by atoms with Crippen molar-refractivity contribution in [3.05, 3.63) is 23.5 Å². The molecule has 1 aromatic rings. The molecular formula is C10H18N2. The van der Waals surface area contributed by atoms with E-state index in [0.717, 1.165) is 6.54 Å². The Morgan fingerprint density at radius 1 is 1.33 bits per heavy atom. The van der Waals surface area contributed by atoms with Crippen molar-refractivity contribution in [2.24, 2.45) is 0 Å². The quantitative estimate of drug-likeness (QED) is 0.725. The van der Waals surface area contributed by atoms with E-state index < -0.39 is 0 Å². The Morgan fingerprint density at radius 3 is 2.25 bits per heavy atom. The number of hydrogen-bond donors (Lipinski definition) is 1. The Morgan fingerprint density at radius 2 is 1.83 bits per heavy atom. The smallest absolute Gasteiger partial charge is 0.0432 e. The Labute approximate surface area is 74.6 Å². The molecule has 0 amide bonds. The van der Waals surface area contributed by atoms with E-state index in [1.54, 1.807) is 0 Å². The van der Waals surface area contributed by atoms with Crippen molar-refractivity contribution in [1.29, 1.82) is 0 Å². The first-order chi connectivity index (χ1) is 5.66. The van der Waals surface area contributed by atoms with Crippen molar-refractivity contribution in [3.63, 3.8) is 0 Å². The van der Waals surface area contributed by atoms with Gasteiger partial charge in [0.15, 0.2) is 0 Å². The van der Waals surface area contributed by atoms with Gasteiger partial charge in [-0.3, -0.25) is 0 Å². The minimum atomic E-state index is 0.546. The Hall–Kier alpha value is -0.760. The van der Waals surface area contributed by atoms with E-state index >= 15 is 0 Å². The monoisotopic (exact) mass is 166 g/mol. The van der Waals surface area contributed by atoms with Crippen LogP contribution in [0.4, 0.5) is 0 Å². The van der Waals surface area contributed by atoms with Gasteiger partial charge in [-0.05, 0) is 40.0 Å². The maximum atomic E-state index is 3.19. The molecule has 1 atom stereocenters. The second kappa shape index (κ2) is 3.76. The van der Waals surface area contributed by atoms with Gasteiger partial charge in [0.25, 0.3) is 0 Å². The summed E-state index contributed by atoms with van der Waals surface area (Å²) in [7, 11) is 1.99. The molecule has 0 aliphatic heterocycles. The van der Waals surface area contributed by atoms with Crippen LogP contribution in [-0.4, -0.2) is 18.2 Å². The molecule has 0 saturated carbocycles. The van der Waals surface area contributed by atoms with Crippen LogP contribution in [0, 0.1) is 13.8 Å². The van der Waals surface area contributed by atoms with Crippen LogP contribution in [0.25, 0.3) is 0 Å². The average Bonchev–Trinajstić information content (AvgIpc) is 2.32. The van der Waals surface area contributed by atoms with Crippen molar-refractivity contribution in [1.82, 2.24) is 9.88 Å². The Balaban J connectivity index is 2.85. The van der Waals surface area contributed by atoms with Crippen molar-refractivity contribution in [2.45, 2.75) is 26.8 Å². The zero-order chi connectivity index (χ0) is 9.14. The fraction of sp³-hybridized carbons (Fsp3) is 0.600. The lowest BCUT2D eigenvalue weighted by molar-refractivity contribution is 0.501. The topological polar surface area (TPSA) is 17.0 Å². The van der Waals surface area contributed by atoms with Gasteiger partial charge in [0.2, 0.25) is 0 Å². The third kappa shape index (κ3) is 1.69. The molecular weight excluding hydrogens is 148 g/mol. The lowest BCUT2D eigenvalue weighted by atomic mass is 10.3. The van der Waals surface area contributed by atoms with E-state index in [2.05, 4.69) is 42.8 Å². The fourth-order valence-electron chi connectivity index (χ4n) is 1.76. The first-order valence-electron chi connectivity index (χ1n) is 4.46. The molecule has 0 aromatic carbocycles. The highest BCUT2D eigenvalue weighted by atomic mass is 15.0. The number of aromatic nitrogens is 1. The minimum Gasteiger partial charge on any atom is -0.345 e. The summed E-state index contributed by atoms with van der Waals surface area (Å²) in [6.07, 6.45) is 0. The summed E-state index contributed by atoms with van der Waals surface area (Å²) >= 11 is 0. The maximum Gasteiger partial charge on any atom is 0.0432 e. The lowest BCUT2D eigenvalue weighted by Crippen LogP contribution is -2.21. The Bertz CT molecular complexity index is 231. The molecule has 12 heavy (non-hydrogen) atoms. The van der Waals surface area contributed by atoms with Crippen LogP contribution in [0.2, 0.25) is 0 Å². The Kier molecular flexibility index (Phi) is 2.93. The molecule has 0 radical (unpaired) electrons. The van der Waals surface area contributed by atoms with E-state index in [-0.39, 0.29) is 0 Å². The summed E-state index contributed by atoms with van der Waals surface area (Å²) in [6, 6.07) is 4.88. The van der Waals surface area contributed by atoms with Gasteiger partial charge < -0.3 is 9.88 Å². The predicted octanol–water partition coefficient (Wildman–Crippen LogP) is 1.89. The van der Waals surface area contributed by atoms with Crippen molar-refractivity contribution in [2.75, 3.05) is 13.6 Å². The third-order valence-corrected chi connectivity index (χ3v) is 2.27. The molecule has 0 aliphatic rings. The molecule has 68 valence electrons. The second-order valence-corrected chi connectivity index (χ2v) is 3.39. The minimum absolute atomic E-state index is 0.546. The largest absolute Gasteiger partial charge is 0.345 e. The summed E-state index contributed by atoms with van der Waals surface area (Å²) in [5, 5.41) is 3.19. The van der Waals surface area contributed by atoms with Crippen LogP contribution >= 0.6 is 0 Å². The standard InChI is InChI=1S/C10H18N2/c1-8-5-6-9(2)12(8)10(3)7-11-4/h5-6,10-11H,7H2,1-4H3. The van der Waals surface area contributed by atoms with Crippen LogP contribution in [0.1, 0.15) is 24.4 Å². The molecule has 1 aromatic heterocycles. The van der Waals surface area contributed by atoms with Crippen LogP contribution in [0.5, 0.6) is 0 Å². The molecule has 0 aliphatic carbocycles. The highest BCUT2D eigenvalue weighted by Crippen LogP contribution is 2.14. The van der Waals surface area contributed by atoms with Crippen LogP contribution in [0.15, 0.2) is 12.1 Å². The zero-order valence-corrected chi connectivity index (χ0v) is 8.39. The SMILES string of the molecule is CNCC(C)n1c(C)ccc1C. The van der Waals surface area contributed by atoms with Gasteiger partial charge in [0.05, 0.1) is 0 Å². The number of rotatable bonds is 3. The van der Waals surface area contributed by atoms with Gasteiger partial charge >= 0.3 is 0 Å². The van der Waals surface area contributed by atoms with Crippen molar-refractivity contribution >= 4 is 0 Å². The molecule has 2 heteroatoms. The summed E-state index contributed by atoms with van der Waals surface area (Å²) in [5.41, 5.74) is 2.69. The summed E-state index contributed by atoms with van der Waals surface area (Å²) < 4.78 is 2.36. The molecule has 0 spiro atoms. The first-order valence-corrected chi connectivity index (χ1v) is 4.46. The fourth-order valence-corrected chi connectivity index (χ4v) is 1.76. The lowest BCUT2D eigenvalue weighted by Gasteiger charge is -2.17. The van der Waals surface area contributed by atoms with Gasteiger partial charge in [-0.15, -0.1) is 0 Å². The van der Waals surface area contributed by atoms with Crippen LogP contribution in [0.3, 0.4) is 0 Å².